The number of nitrogens with two attached hydrogens (primary N) is 1. The maximum Gasteiger partial charge on any atom is 0.132 e. The van der Waals surface area contributed by atoms with Crippen molar-refractivity contribution in [2.45, 2.75) is 20.0 Å². The molecule has 0 fully saturated rings. The largest absolute Gasteiger partial charge is 0.343 e. The van der Waals surface area contributed by atoms with E-state index in [2.05, 4.69) is 35.8 Å². The van der Waals surface area contributed by atoms with E-state index in [1.54, 1.807) is 6.07 Å². The second-order valence-electron chi connectivity index (χ2n) is 5.10. The highest BCUT2D eigenvalue weighted by atomic mass is 19.1. The molecule has 0 bridgehead atoms. The zero-order valence-corrected chi connectivity index (χ0v) is 11.4. The summed E-state index contributed by atoms with van der Waals surface area (Å²) in [7, 11) is 0. The number of halogens is 1. The second-order valence-corrected chi connectivity index (χ2v) is 5.10. The molecule has 102 valence electrons. The van der Waals surface area contributed by atoms with Crippen LogP contribution in [0.4, 0.5) is 4.39 Å². The van der Waals surface area contributed by atoms with Crippen molar-refractivity contribution in [3.63, 3.8) is 0 Å². The van der Waals surface area contributed by atoms with Gasteiger partial charge < -0.3 is 10.3 Å². The fraction of sp³-hybridized carbons (Fsp3) is 0.176. The summed E-state index contributed by atoms with van der Waals surface area (Å²) in [5, 5.41) is 1.17. The van der Waals surface area contributed by atoms with Gasteiger partial charge >= 0.3 is 0 Å². The van der Waals surface area contributed by atoms with E-state index in [1.165, 1.54) is 10.9 Å². The lowest BCUT2D eigenvalue weighted by Crippen LogP contribution is -2.06. The van der Waals surface area contributed by atoms with E-state index < -0.39 is 0 Å². The predicted octanol–water partition coefficient (Wildman–Crippen LogP) is 3.60. The van der Waals surface area contributed by atoms with Gasteiger partial charge in [-0.05, 0) is 30.0 Å². The van der Waals surface area contributed by atoms with Gasteiger partial charge in [-0.25, -0.2) is 4.39 Å². The molecular formula is C17H17FN2. The van der Waals surface area contributed by atoms with Crippen molar-refractivity contribution in [3.05, 3.63) is 71.2 Å². The van der Waals surface area contributed by atoms with Gasteiger partial charge in [0.25, 0.3) is 0 Å². The third-order valence-corrected chi connectivity index (χ3v) is 3.65. The Labute approximate surface area is 117 Å². The van der Waals surface area contributed by atoms with Gasteiger partial charge in [0.1, 0.15) is 5.82 Å². The lowest BCUT2D eigenvalue weighted by atomic mass is 10.1. The number of hydrogen-bond acceptors (Lipinski definition) is 1. The standard InChI is InChI=1S/C17H17FN2/c1-12-5-6-13-7-8-20(16(13)9-12)11-15-4-2-3-14(10-19)17(15)18/h2-9H,10-11,19H2,1H3. The van der Waals surface area contributed by atoms with Crippen LogP contribution in [0.3, 0.4) is 0 Å². The summed E-state index contributed by atoms with van der Waals surface area (Å²) in [6, 6.07) is 13.8. The van der Waals surface area contributed by atoms with Gasteiger partial charge in [0.05, 0.1) is 6.54 Å². The highest BCUT2D eigenvalue weighted by Crippen LogP contribution is 2.20. The molecule has 2 nitrogen and oxygen atoms in total. The summed E-state index contributed by atoms with van der Waals surface area (Å²) in [4.78, 5) is 0. The van der Waals surface area contributed by atoms with Gasteiger partial charge in [-0.3, -0.25) is 0 Å². The zero-order chi connectivity index (χ0) is 14.1. The van der Waals surface area contributed by atoms with Crippen molar-refractivity contribution in [3.8, 4) is 0 Å². The number of aryl methyl sites for hydroxylation is 1. The molecule has 1 aromatic heterocycles. The first-order chi connectivity index (χ1) is 9.69. The molecule has 2 aromatic carbocycles. The Morgan fingerprint density at radius 1 is 1.10 bits per heavy atom. The Kier molecular flexibility index (Phi) is 3.28. The fourth-order valence-corrected chi connectivity index (χ4v) is 2.53. The predicted molar refractivity (Wildman–Crippen MR) is 80.1 cm³/mol. The second kappa shape index (κ2) is 5.10. The summed E-state index contributed by atoms with van der Waals surface area (Å²) in [6.07, 6.45) is 2.00. The van der Waals surface area contributed by atoms with E-state index in [0.29, 0.717) is 17.7 Å². The van der Waals surface area contributed by atoms with Crippen molar-refractivity contribution in [2.24, 2.45) is 5.73 Å². The molecule has 3 heteroatoms. The Morgan fingerprint density at radius 2 is 1.90 bits per heavy atom. The van der Waals surface area contributed by atoms with Crippen LogP contribution >= 0.6 is 0 Å². The topological polar surface area (TPSA) is 30.9 Å². The molecule has 0 aliphatic carbocycles. The minimum Gasteiger partial charge on any atom is -0.343 e. The Hall–Kier alpha value is -2.13. The molecule has 0 atom stereocenters. The molecule has 0 saturated heterocycles. The Bertz CT molecular complexity index is 759. The van der Waals surface area contributed by atoms with Gasteiger partial charge in [0.2, 0.25) is 0 Å². The third kappa shape index (κ3) is 2.21. The monoisotopic (exact) mass is 268 g/mol. The molecule has 0 spiro atoms. The maximum absolute atomic E-state index is 14.3. The summed E-state index contributed by atoms with van der Waals surface area (Å²) in [5.74, 6) is -0.190. The molecule has 3 rings (SSSR count). The van der Waals surface area contributed by atoms with Crippen LogP contribution < -0.4 is 5.73 Å². The molecular weight excluding hydrogens is 251 g/mol. The number of fused-ring (bicyclic) bond motifs is 1. The first-order valence-electron chi connectivity index (χ1n) is 6.71. The summed E-state index contributed by atoms with van der Waals surface area (Å²) < 4.78 is 16.3. The first kappa shape index (κ1) is 12.9. The van der Waals surface area contributed by atoms with Crippen LogP contribution in [-0.4, -0.2) is 4.57 Å². The van der Waals surface area contributed by atoms with E-state index in [1.807, 2.05) is 18.3 Å². The van der Waals surface area contributed by atoms with Gasteiger partial charge in [-0.2, -0.15) is 0 Å². The van der Waals surface area contributed by atoms with E-state index in [4.69, 9.17) is 5.73 Å². The van der Waals surface area contributed by atoms with Crippen molar-refractivity contribution >= 4 is 10.9 Å². The quantitative estimate of drug-likeness (QED) is 0.773. The highest BCUT2D eigenvalue weighted by Gasteiger charge is 2.09. The van der Waals surface area contributed by atoms with E-state index in [-0.39, 0.29) is 12.4 Å². The first-order valence-corrected chi connectivity index (χ1v) is 6.71. The molecule has 0 aliphatic heterocycles. The number of benzene rings is 2. The number of hydrogen-bond donors (Lipinski definition) is 1. The average molecular weight is 268 g/mol. The van der Waals surface area contributed by atoms with Gasteiger partial charge in [0.15, 0.2) is 0 Å². The zero-order valence-electron chi connectivity index (χ0n) is 11.4. The van der Waals surface area contributed by atoms with Crippen LogP contribution in [0.1, 0.15) is 16.7 Å². The lowest BCUT2D eigenvalue weighted by Gasteiger charge is -2.09. The van der Waals surface area contributed by atoms with E-state index in [0.717, 1.165) is 5.52 Å². The normalized spacial score (nSPS) is 11.2. The molecule has 0 amide bonds. The molecule has 0 radical (unpaired) electrons. The van der Waals surface area contributed by atoms with Crippen molar-refractivity contribution < 1.29 is 4.39 Å². The molecule has 3 aromatic rings. The molecule has 0 aliphatic rings. The summed E-state index contributed by atoms with van der Waals surface area (Å²) >= 11 is 0. The van der Waals surface area contributed by atoms with Crippen LogP contribution in [0.25, 0.3) is 10.9 Å². The van der Waals surface area contributed by atoms with Gasteiger partial charge in [-0.15, -0.1) is 0 Å². The van der Waals surface area contributed by atoms with Gasteiger partial charge in [-0.1, -0.05) is 30.3 Å². The smallest absolute Gasteiger partial charge is 0.132 e. The van der Waals surface area contributed by atoms with Crippen LogP contribution in [0.2, 0.25) is 0 Å². The lowest BCUT2D eigenvalue weighted by molar-refractivity contribution is 0.586. The van der Waals surface area contributed by atoms with Crippen molar-refractivity contribution in [1.82, 2.24) is 4.57 Å². The van der Waals surface area contributed by atoms with Crippen LogP contribution in [0.5, 0.6) is 0 Å². The molecule has 2 N–H and O–H groups in total. The molecule has 20 heavy (non-hydrogen) atoms. The number of nitrogens with zero attached hydrogens (tertiary/aromatic N) is 1. The van der Waals surface area contributed by atoms with Crippen molar-refractivity contribution in [1.29, 1.82) is 0 Å². The van der Waals surface area contributed by atoms with Crippen LogP contribution in [0.15, 0.2) is 48.7 Å². The molecule has 1 heterocycles. The average Bonchev–Trinajstić information content (AvgIpc) is 2.83. The molecule has 0 saturated carbocycles. The minimum atomic E-state index is -0.190. The van der Waals surface area contributed by atoms with E-state index in [9.17, 15) is 4.39 Å². The highest BCUT2D eigenvalue weighted by molar-refractivity contribution is 5.80. The third-order valence-electron chi connectivity index (χ3n) is 3.65. The fourth-order valence-electron chi connectivity index (χ4n) is 2.53. The summed E-state index contributed by atoms with van der Waals surface area (Å²) in [5.41, 5.74) is 9.12. The molecule has 0 unspecified atom stereocenters. The van der Waals surface area contributed by atoms with Crippen molar-refractivity contribution in [2.75, 3.05) is 0 Å². The van der Waals surface area contributed by atoms with E-state index >= 15 is 0 Å². The number of aromatic nitrogens is 1. The Balaban J connectivity index is 2.03. The summed E-state index contributed by atoms with van der Waals surface area (Å²) in [6.45, 7) is 2.81. The van der Waals surface area contributed by atoms with Crippen LogP contribution in [0, 0.1) is 12.7 Å². The SMILES string of the molecule is Cc1ccc2ccn(Cc3cccc(CN)c3F)c2c1. The minimum absolute atomic E-state index is 0.190. The van der Waals surface area contributed by atoms with Crippen LogP contribution in [-0.2, 0) is 13.1 Å². The van der Waals surface area contributed by atoms with Gasteiger partial charge in [0, 0.05) is 29.4 Å². The maximum atomic E-state index is 14.3. The Morgan fingerprint density at radius 3 is 2.70 bits per heavy atom. The number of rotatable bonds is 3.